The summed E-state index contributed by atoms with van der Waals surface area (Å²) in [6.45, 7) is 0. The predicted molar refractivity (Wildman–Crippen MR) is 28.0 cm³/mol. The Morgan fingerprint density at radius 1 is 0.875 bits per heavy atom. The van der Waals surface area contributed by atoms with E-state index in [4.69, 9.17) is 5.11 Å². The zero-order valence-corrected chi connectivity index (χ0v) is 6.86. The first-order chi connectivity index (χ1) is 6.81. The number of aliphatic hydroxyl groups is 1. The van der Waals surface area contributed by atoms with Crippen molar-refractivity contribution >= 4 is 0 Å². The van der Waals surface area contributed by atoms with Crippen LogP contribution >= 0.6 is 0 Å². The van der Waals surface area contributed by atoms with Crippen LogP contribution in [0.3, 0.4) is 0 Å². The van der Waals surface area contributed by atoms with Gasteiger partial charge >= 0.3 is 24.2 Å². The van der Waals surface area contributed by atoms with Crippen molar-refractivity contribution < 1.29 is 49.7 Å². The summed E-state index contributed by atoms with van der Waals surface area (Å²) < 4.78 is 103. The smallest absolute Gasteiger partial charge is 0.332 e. The van der Waals surface area contributed by atoms with Crippen LogP contribution in [0.1, 0.15) is 0 Å². The second-order valence-electron chi connectivity index (χ2n) is 2.76. The number of hydrogen-bond donors (Lipinski definition) is 1. The van der Waals surface area contributed by atoms with E-state index in [2.05, 4.69) is 9.47 Å². The van der Waals surface area contributed by atoms with E-state index in [1.165, 1.54) is 0 Å². The molecule has 0 aliphatic carbocycles. The summed E-state index contributed by atoms with van der Waals surface area (Å²) in [6.07, 6.45) is -21.0. The minimum atomic E-state index is -6.14. The van der Waals surface area contributed by atoms with Gasteiger partial charge < -0.3 is 5.11 Å². The Labute approximate surface area is 81.5 Å². The summed E-state index contributed by atoms with van der Waals surface area (Å²) in [5.41, 5.74) is 0. The highest BCUT2D eigenvalue weighted by Gasteiger charge is 2.80. The van der Waals surface area contributed by atoms with E-state index >= 15 is 0 Å². The van der Waals surface area contributed by atoms with Crippen molar-refractivity contribution in [1.29, 1.82) is 0 Å². The van der Waals surface area contributed by atoms with Crippen LogP contribution < -0.4 is 0 Å². The molecule has 0 bridgehead atoms. The second-order valence-corrected chi connectivity index (χ2v) is 2.76. The van der Waals surface area contributed by atoms with Gasteiger partial charge in [0.15, 0.2) is 0 Å². The highest BCUT2D eigenvalue weighted by atomic mass is 19.4. The van der Waals surface area contributed by atoms with E-state index < -0.39 is 30.5 Å². The van der Waals surface area contributed by atoms with Gasteiger partial charge in [0, 0.05) is 0 Å². The topological polar surface area (TPSA) is 38.7 Å². The zero-order valence-electron chi connectivity index (χ0n) is 6.86. The first-order valence-electron chi connectivity index (χ1n) is 3.40. The summed E-state index contributed by atoms with van der Waals surface area (Å²) in [4.78, 5) is 0. The van der Waals surface area contributed by atoms with Crippen LogP contribution in [0.25, 0.3) is 0 Å². The Kier molecular flexibility index (Phi) is 2.65. The maximum atomic E-state index is 12.3. The molecule has 1 aliphatic heterocycles. The fourth-order valence-corrected chi connectivity index (χ4v) is 0.752. The van der Waals surface area contributed by atoms with Gasteiger partial charge in [0.05, 0.1) is 0 Å². The lowest BCUT2D eigenvalue weighted by molar-refractivity contribution is -0.563. The number of halogens is 8. The van der Waals surface area contributed by atoms with Gasteiger partial charge in [-0.25, -0.2) is 0 Å². The molecule has 11 heteroatoms. The largest absolute Gasteiger partial charge is 0.431 e. The van der Waals surface area contributed by atoms with Gasteiger partial charge in [0.25, 0.3) is 6.29 Å². The molecular formula is C5H2F8O3. The number of rotatable bonds is 1. The highest BCUT2D eigenvalue weighted by molar-refractivity contribution is 4.90. The van der Waals surface area contributed by atoms with E-state index in [0.29, 0.717) is 0 Å². The van der Waals surface area contributed by atoms with Crippen molar-refractivity contribution in [3.8, 4) is 0 Å². The van der Waals surface area contributed by atoms with Crippen LogP contribution in [0, 0.1) is 0 Å². The van der Waals surface area contributed by atoms with Gasteiger partial charge in [-0.1, -0.05) is 0 Å². The van der Waals surface area contributed by atoms with Crippen molar-refractivity contribution in [3.63, 3.8) is 0 Å². The summed E-state index contributed by atoms with van der Waals surface area (Å²) in [6, 6.07) is 0. The van der Waals surface area contributed by atoms with E-state index in [0.717, 1.165) is 0 Å². The first kappa shape index (κ1) is 13.4. The molecule has 1 rings (SSSR count). The monoisotopic (exact) mass is 262 g/mol. The predicted octanol–water partition coefficient (Wildman–Crippen LogP) is 1.77. The third-order valence-corrected chi connectivity index (χ3v) is 1.52. The van der Waals surface area contributed by atoms with Crippen molar-refractivity contribution in [1.82, 2.24) is 0 Å². The van der Waals surface area contributed by atoms with E-state index in [1.807, 2.05) is 0 Å². The lowest BCUT2D eigenvalue weighted by atomic mass is 10.2. The normalized spacial score (nSPS) is 29.1. The molecule has 0 saturated carbocycles. The van der Waals surface area contributed by atoms with Crippen LogP contribution in [0.2, 0.25) is 0 Å². The van der Waals surface area contributed by atoms with Gasteiger partial charge in [-0.05, 0) is 0 Å². The van der Waals surface area contributed by atoms with E-state index in [9.17, 15) is 35.1 Å². The Balaban J connectivity index is 3.09. The molecule has 0 atom stereocenters. The molecular weight excluding hydrogens is 260 g/mol. The molecule has 3 nitrogen and oxygen atoms in total. The van der Waals surface area contributed by atoms with Gasteiger partial charge in [0.2, 0.25) is 0 Å². The summed E-state index contributed by atoms with van der Waals surface area (Å²) >= 11 is 0. The fraction of sp³-hybridized carbons (Fsp3) is 1.00. The minimum absolute atomic E-state index is 2.60. The van der Waals surface area contributed by atoms with Crippen LogP contribution in [0.15, 0.2) is 0 Å². The van der Waals surface area contributed by atoms with Crippen molar-refractivity contribution in [2.24, 2.45) is 0 Å². The molecule has 0 spiro atoms. The molecule has 0 aromatic rings. The summed E-state index contributed by atoms with van der Waals surface area (Å²) in [5, 5.41) is 7.78. The van der Waals surface area contributed by atoms with E-state index in [1.54, 1.807) is 0 Å². The number of hydrogen-bond acceptors (Lipinski definition) is 3. The van der Waals surface area contributed by atoms with Gasteiger partial charge in [-0.2, -0.15) is 35.1 Å². The average molecular weight is 262 g/mol. The SMILES string of the molecule is OC(F)(F)C1OC(F)(F)C(F)(F)C(F)(F)O1. The second kappa shape index (κ2) is 3.17. The standard InChI is InChI=1S/C5H2F8O3/c6-2(7,14)1-15-4(10,11)3(8,9)5(12,13)16-1/h1,14H. The molecule has 1 N–H and O–H groups in total. The average Bonchev–Trinajstić information content (AvgIpc) is 1.97. The Morgan fingerprint density at radius 2 is 1.19 bits per heavy atom. The maximum absolute atomic E-state index is 12.3. The van der Waals surface area contributed by atoms with Gasteiger partial charge in [0.1, 0.15) is 0 Å². The third kappa shape index (κ3) is 1.82. The Bertz CT molecular complexity index is 264. The van der Waals surface area contributed by atoms with Crippen LogP contribution in [-0.4, -0.2) is 35.6 Å². The third-order valence-electron chi connectivity index (χ3n) is 1.52. The molecule has 1 fully saturated rings. The number of ether oxygens (including phenoxy) is 2. The highest BCUT2D eigenvalue weighted by Crippen LogP contribution is 2.52. The molecule has 1 saturated heterocycles. The quantitative estimate of drug-likeness (QED) is 0.732. The zero-order chi connectivity index (χ0) is 13.0. The Morgan fingerprint density at radius 3 is 1.44 bits per heavy atom. The van der Waals surface area contributed by atoms with Crippen molar-refractivity contribution in [2.75, 3.05) is 0 Å². The first-order valence-corrected chi connectivity index (χ1v) is 3.40. The minimum Gasteiger partial charge on any atom is -0.332 e. The molecule has 0 aromatic carbocycles. The number of alkyl halides is 8. The summed E-state index contributed by atoms with van der Waals surface area (Å²) in [7, 11) is 0. The lowest BCUT2D eigenvalue weighted by Gasteiger charge is -2.40. The van der Waals surface area contributed by atoms with Crippen LogP contribution in [0.4, 0.5) is 35.1 Å². The Hall–Kier alpha value is -0.680. The molecule has 0 aromatic heterocycles. The molecule has 96 valence electrons. The molecule has 0 amide bonds. The summed E-state index contributed by atoms with van der Waals surface area (Å²) in [5.74, 6) is -6.14. The van der Waals surface area contributed by atoms with Crippen LogP contribution in [0.5, 0.6) is 0 Å². The van der Waals surface area contributed by atoms with Crippen molar-refractivity contribution in [3.05, 3.63) is 0 Å². The molecule has 0 radical (unpaired) electrons. The van der Waals surface area contributed by atoms with Crippen molar-refractivity contribution in [2.45, 2.75) is 30.5 Å². The molecule has 0 unspecified atom stereocenters. The van der Waals surface area contributed by atoms with Gasteiger partial charge in [-0.15, -0.1) is 0 Å². The van der Waals surface area contributed by atoms with E-state index in [-0.39, 0.29) is 0 Å². The molecule has 16 heavy (non-hydrogen) atoms. The lowest BCUT2D eigenvalue weighted by Crippen LogP contribution is -2.66. The maximum Gasteiger partial charge on any atom is 0.431 e. The fourth-order valence-electron chi connectivity index (χ4n) is 0.752. The molecule has 1 heterocycles. The van der Waals surface area contributed by atoms with Gasteiger partial charge in [-0.3, -0.25) is 9.47 Å². The van der Waals surface area contributed by atoms with Crippen LogP contribution in [-0.2, 0) is 9.47 Å². The molecule has 1 aliphatic rings.